The van der Waals surface area contributed by atoms with Gasteiger partial charge in [-0.2, -0.15) is 0 Å². The van der Waals surface area contributed by atoms with E-state index in [1.54, 1.807) is 36.0 Å². The number of hydroxylamine groups is 1. The van der Waals surface area contributed by atoms with Crippen LogP contribution in [0.15, 0.2) is 41.3 Å². The van der Waals surface area contributed by atoms with E-state index in [4.69, 9.17) is 9.47 Å². The third-order valence-corrected chi connectivity index (χ3v) is 8.19. The molecule has 1 unspecified atom stereocenters. The largest absolute Gasteiger partial charge is 0.573 e. The zero-order chi connectivity index (χ0) is 25.8. The molecule has 9 nitrogen and oxygen atoms in total. The summed E-state index contributed by atoms with van der Waals surface area (Å²) in [6.45, 7) is 2.64. The number of methoxy groups -OCH3 is 2. The first-order valence-electron chi connectivity index (χ1n) is 10.5. The Balaban J connectivity index is 1.72. The topological polar surface area (TPSA) is 104 Å². The average Bonchev–Trinajstić information content (AvgIpc) is 2.83. The predicted octanol–water partition coefficient (Wildman–Crippen LogP) is 3.72. The highest BCUT2D eigenvalue weighted by Crippen LogP contribution is 2.56. The molecule has 1 heterocycles. The van der Waals surface area contributed by atoms with Crippen molar-refractivity contribution in [3.8, 4) is 17.2 Å². The maximum Gasteiger partial charge on any atom is 0.573 e. The van der Waals surface area contributed by atoms with Crippen LogP contribution in [0.4, 0.5) is 13.2 Å². The lowest BCUT2D eigenvalue weighted by Crippen LogP contribution is -2.46. The molecule has 1 atom stereocenters. The smallest absolute Gasteiger partial charge is 0.493 e. The molecule has 1 aliphatic heterocycles. The first kappa shape index (κ1) is 26.9. The van der Waals surface area contributed by atoms with Crippen LogP contribution in [0.25, 0.3) is 0 Å². The van der Waals surface area contributed by atoms with Gasteiger partial charge in [0.25, 0.3) is 5.91 Å². The number of ether oxygens (including phenoxy) is 3. The van der Waals surface area contributed by atoms with Gasteiger partial charge in [0.2, 0.25) is 0 Å². The highest BCUT2D eigenvalue weighted by atomic mass is 32.3. The molecule has 0 saturated carbocycles. The van der Waals surface area contributed by atoms with Gasteiger partial charge in [-0.15, -0.1) is 13.2 Å². The quantitative estimate of drug-likeness (QED) is 0.358. The van der Waals surface area contributed by atoms with Crippen molar-refractivity contribution in [3.05, 3.63) is 47.5 Å². The second-order valence-electron chi connectivity index (χ2n) is 7.85. The van der Waals surface area contributed by atoms with Crippen molar-refractivity contribution in [2.75, 3.05) is 46.7 Å². The standard InChI is InChI=1S/C22H28F3N3O6S/c1-32-17-8-9-18(19(20(17)33-2)21(29)26-30)35(3,31)28-12-10-27(11-13-28)14-15-4-6-16(7-5-15)34-22(23,24)25/h4-9,30-31H,10-14H2,1-3H3,(H,26,29). The molecular formula is C22H28F3N3O6S. The SMILES string of the molecule is COc1ccc(S(C)(O)N2CCN(Cc3ccc(OC(F)(F)F)cc3)CC2)c(C(=O)NO)c1OC. The van der Waals surface area contributed by atoms with Crippen LogP contribution in [0, 0.1) is 0 Å². The number of benzene rings is 2. The lowest BCUT2D eigenvalue weighted by molar-refractivity contribution is -0.274. The fourth-order valence-electron chi connectivity index (χ4n) is 3.94. The Morgan fingerprint density at radius 3 is 2.20 bits per heavy atom. The lowest BCUT2D eigenvalue weighted by Gasteiger charge is -2.46. The van der Waals surface area contributed by atoms with E-state index in [1.807, 2.05) is 4.31 Å². The highest BCUT2D eigenvalue weighted by molar-refractivity contribution is 8.26. The molecule has 0 aromatic heterocycles. The summed E-state index contributed by atoms with van der Waals surface area (Å²) in [5.41, 5.74) is 2.41. The zero-order valence-corrected chi connectivity index (χ0v) is 20.3. The molecule has 2 aromatic carbocycles. The number of amides is 1. The van der Waals surface area contributed by atoms with Crippen molar-refractivity contribution in [2.24, 2.45) is 0 Å². The highest BCUT2D eigenvalue weighted by Gasteiger charge is 2.35. The predicted molar refractivity (Wildman–Crippen MR) is 123 cm³/mol. The van der Waals surface area contributed by atoms with E-state index in [2.05, 4.69) is 9.64 Å². The Morgan fingerprint density at radius 1 is 1.06 bits per heavy atom. The molecule has 35 heavy (non-hydrogen) atoms. The molecule has 0 radical (unpaired) electrons. The van der Waals surface area contributed by atoms with Crippen LogP contribution >= 0.6 is 10.5 Å². The monoisotopic (exact) mass is 519 g/mol. The van der Waals surface area contributed by atoms with Gasteiger partial charge in [-0.25, -0.2) is 9.79 Å². The number of alkyl halides is 3. The number of hydrogen-bond acceptors (Lipinski definition) is 8. The van der Waals surface area contributed by atoms with Gasteiger partial charge in [0.1, 0.15) is 11.3 Å². The summed E-state index contributed by atoms with van der Waals surface area (Å²) in [6, 6.07) is 8.89. The molecule has 194 valence electrons. The van der Waals surface area contributed by atoms with Crippen LogP contribution in [-0.4, -0.2) is 77.9 Å². The Bertz CT molecular complexity index is 1030. The van der Waals surface area contributed by atoms with Crippen LogP contribution in [-0.2, 0) is 6.54 Å². The minimum Gasteiger partial charge on any atom is -0.493 e. The van der Waals surface area contributed by atoms with E-state index in [-0.39, 0.29) is 22.8 Å². The average molecular weight is 520 g/mol. The number of nitrogens with zero attached hydrogens (tertiary/aromatic N) is 2. The van der Waals surface area contributed by atoms with Crippen LogP contribution < -0.4 is 19.7 Å². The summed E-state index contributed by atoms with van der Waals surface area (Å²) in [5.74, 6) is -0.731. The number of carbonyl (C=O) groups is 1. The molecular weight excluding hydrogens is 491 g/mol. The van der Waals surface area contributed by atoms with Gasteiger partial charge in [0, 0.05) is 43.9 Å². The van der Waals surface area contributed by atoms with Crippen LogP contribution in [0.2, 0.25) is 0 Å². The normalized spacial score (nSPS) is 17.8. The molecule has 13 heteroatoms. The Labute approximate surface area is 202 Å². The van der Waals surface area contributed by atoms with Crippen molar-refractivity contribution < 1.29 is 41.9 Å². The second-order valence-corrected chi connectivity index (χ2v) is 10.5. The van der Waals surface area contributed by atoms with Gasteiger partial charge in [0.15, 0.2) is 11.5 Å². The number of hydrogen-bond donors (Lipinski definition) is 3. The molecule has 3 N–H and O–H groups in total. The molecule has 0 spiro atoms. The molecule has 1 fully saturated rings. The minimum absolute atomic E-state index is 0.0158. The van der Waals surface area contributed by atoms with Crippen molar-refractivity contribution in [2.45, 2.75) is 17.8 Å². The summed E-state index contributed by atoms with van der Waals surface area (Å²) in [4.78, 5) is 14.9. The first-order valence-corrected chi connectivity index (χ1v) is 12.5. The molecule has 1 aliphatic rings. The van der Waals surface area contributed by atoms with E-state index in [1.165, 1.54) is 26.4 Å². The van der Waals surface area contributed by atoms with Crippen LogP contribution in [0.3, 0.4) is 0 Å². The summed E-state index contributed by atoms with van der Waals surface area (Å²) in [7, 11) is 0.129. The van der Waals surface area contributed by atoms with Gasteiger partial charge in [-0.05, 0) is 29.8 Å². The fourth-order valence-corrected chi connectivity index (χ4v) is 5.99. The number of piperazine rings is 1. The van der Waals surface area contributed by atoms with Crippen molar-refractivity contribution in [3.63, 3.8) is 0 Å². The lowest BCUT2D eigenvalue weighted by atomic mass is 10.1. The number of carbonyl (C=O) groups excluding carboxylic acids is 1. The second kappa shape index (κ2) is 10.9. The third kappa shape index (κ3) is 6.30. The third-order valence-electron chi connectivity index (χ3n) is 5.65. The summed E-state index contributed by atoms with van der Waals surface area (Å²) in [5, 5.41) is 9.27. The van der Waals surface area contributed by atoms with Gasteiger partial charge < -0.3 is 18.8 Å². The van der Waals surface area contributed by atoms with Crippen LogP contribution in [0.1, 0.15) is 15.9 Å². The van der Waals surface area contributed by atoms with E-state index in [0.29, 0.717) is 37.6 Å². The minimum atomic E-state index is -4.73. The molecule has 1 saturated heterocycles. The maximum absolute atomic E-state index is 12.5. The van der Waals surface area contributed by atoms with Crippen LogP contribution in [0.5, 0.6) is 17.2 Å². The van der Waals surface area contributed by atoms with Crippen molar-refractivity contribution >= 4 is 16.4 Å². The van der Waals surface area contributed by atoms with Gasteiger partial charge >= 0.3 is 6.36 Å². The van der Waals surface area contributed by atoms with E-state index in [0.717, 1.165) is 5.56 Å². The van der Waals surface area contributed by atoms with E-state index >= 15 is 0 Å². The zero-order valence-electron chi connectivity index (χ0n) is 19.5. The van der Waals surface area contributed by atoms with Gasteiger partial charge in [0.05, 0.1) is 14.2 Å². The molecule has 0 bridgehead atoms. The van der Waals surface area contributed by atoms with Gasteiger partial charge in [-0.3, -0.25) is 14.9 Å². The number of rotatable bonds is 8. The van der Waals surface area contributed by atoms with Gasteiger partial charge in [-0.1, -0.05) is 22.6 Å². The molecule has 3 rings (SSSR count). The van der Waals surface area contributed by atoms with E-state index < -0.39 is 22.8 Å². The maximum atomic E-state index is 12.5. The van der Waals surface area contributed by atoms with E-state index in [9.17, 15) is 27.7 Å². The molecule has 1 amide bonds. The fraction of sp³-hybridized carbons (Fsp3) is 0.409. The Hall–Kier alpha value is -2.71. The number of halogens is 3. The number of nitrogens with one attached hydrogen (secondary N) is 1. The first-order chi connectivity index (χ1) is 16.5. The summed E-state index contributed by atoms with van der Waals surface area (Å²) >= 11 is 0. The van der Waals surface area contributed by atoms with Crippen molar-refractivity contribution in [1.82, 2.24) is 14.7 Å². The Morgan fingerprint density at radius 2 is 1.69 bits per heavy atom. The summed E-state index contributed by atoms with van der Waals surface area (Å²) in [6.07, 6.45) is -3.10. The summed E-state index contributed by atoms with van der Waals surface area (Å²) < 4.78 is 64.9. The molecule has 0 aliphatic carbocycles. The Kier molecular flexibility index (Phi) is 8.38. The molecule has 2 aromatic rings. The van der Waals surface area contributed by atoms with Crippen molar-refractivity contribution in [1.29, 1.82) is 0 Å².